The molecular weight excluding hydrogens is 221 g/mol. The average molecular weight is 231 g/mol. The molecule has 1 aliphatic heterocycles. The predicted octanol–water partition coefficient (Wildman–Crippen LogP) is 1.12. The second kappa shape index (κ2) is 3.88. The first-order valence-corrected chi connectivity index (χ1v) is 5.90. The smallest absolute Gasteiger partial charge is 0.258 e. The van der Waals surface area contributed by atoms with E-state index >= 15 is 0 Å². The highest BCUT2D eigenvalue weighted by Crippen LogP contribution is 2.22. The molecule has 0 radical (unpaired) electrons. The summed E-state index contributed by atoms with van der Waals surface area (Å²) in [7, 11) is -3.63. The molecule has 0 aliphatic carbocycles. The van der Waals surface area contributed by atoms with E-state index in [1.54, 1.807) is 12.1 Å². The summed E-state index contributed by atoms with van der Waals surface area (Å²) in [6, 6.07) is 5.41. The summed E-state index contributed by atoms with van der Waals surface area (Å²) in [4.78, 5) is 0. The van der Waals surface area contributed by atoms with Crippen LogP contribution in [-0.4, -0.2) is 15.0 Å². The molecule has 2 rings (SSSR count). The van der Waals surface area contributed by atoms with Crippen molar-refractivity contribution in [3.8, 4) is 0 Å². The van der Waals surface area contributed by atoms with Gasteiger partial charge in [0.1, 0.15) is 5.82 Å². The molecule has 1 aliphatic rings. The van der Waals surface area contributed by atoms with Crippen LogP contribution in [0, 0.1) is 5.82 Å². The van der Waals surface area contributed by atoms with Gasteiger partial charge in [-0.1, -0.05) is 12.1 Å². The zero-order valence-corrected chi connectivity index (χ0v) is 8.63. The maximum atomic E-state index is 12.6. The van der Waals surface area contributed by atoms with Gasteiger partial charge in [0.15, 0.2) is 0 Å². The normalized spacial score (nSPS) is 25.0. The topological polar surface area (TPSA) is 55.4 Å². The van der Waals surface area contributed by atoms with Crippen molar-refractivity contribution in [2.45, 2.75) is 12.5 Å². The molecule has 0 bridgehead atoms. The fourth-order valence-electron chi connectivity index (χ4n) is 1.47. The summed E-state index contributed by atoms with van der Waals surface area (Å²) in [6.07, 6.45) is 0.546. The summed E-state index contributed by atoms with van der Waals surface area (Å²) < 4.78 is 41.7. The Kier molecular flexibility index (Phi) is 2.72. The molecule has 1 fully saturated rings. The van der Waals surface area contributed by atoms with E-state index in [9.17, 15) is 12.8 Å². The molecule has 1 aromatic rings. The number of benzene rings is 1. The van der Waals surface area contributed by atoms with Gasteiger partial charge in [-0.15, -0.1) is 0 Å². The fourth-order valence-corrected chi connectivity index (χ4v) is 2.46. The standard InChI is InChI=1S/C9H10FNO3S/c10-8-3-1-7(2-4-8)9-5-6-14-15(12,13)11-9/h1-4,9,11H,5-6H2. The van der Waals surface area contributed by atoms with Crippen LogP contribution in [0.15, 0.2) is 24.3 Å². The van der Waals surface area contributed by atoms with E-state index in [1.165, 1.54) is 12.1 Å². The number of halogens is 1. The van der Waals surface area contributed by atoms with Gasteiger partial charge >= 0.3 is 10.3 Å². The Labute approximate surface area is 87.3 Å². The minimum atomic E-state index is -3.63. The lowest BCUT2D eigenvalue weighted by atomic mass is 10.1. The lowest BCUT2D eigenvalue weighted by Gasteiger charge is -2.23. The van der Waals surface area contributed by atoms with Crippen molar-refractivity contribution in [2.75, 3.05) is 6.61 Å². The van der Waals surface area contributed by atoms with Crippen molar-refractivity contribution in [3.05, 3.63) is 35.6 Å². The molecule has 1 aromatic carbocycles. The van der Waals surface area contributed by atoms with Crippen LogP contribution < -0.4 is 4.72 Å². The molecule has 6 heteroatoms. The maximum Gasteiger partial charge on any atom is 0.336 e. The Balaban J connectivity index is 2.21. The minimum Gasteiger partial charge on any atom is -0.258 e. The molecule has 1 heterocycles. The molecule has 4 nitrogen and oxygen atoms in total. The zero-order valence-electron chi connectivity index (χ0n) is 7.81. The average Bonchev–Trinajstić information content (AvgIpc) is 2.17. The summed E-state index contributed by atoms with van der Waals surface area (Å²) in [5.41, 5.74) is 0.739. The molecule has 0 aromatic heterocycles. The first kappa shape index (κ1) is 10.5. The van der Waals surface area contributed by atoms with Gasteiger partial charge in [0.25, 0.3) is 0 Å². The van der Waals surface area contributed by atoms with Gasteiger partial charge < -0.3 is 0 Å². The molecule has 1 saturated heterocycles. The fraction of sp³-hybridized carbons (Fsp3) is 0.333. The Hall–Kier alpha value is -0.980. The molecule has 82 valence electrons. The van der Waals surface area contributed by atoms with Gasteiger partial charge in [-0.05, 0) is 24.1 Å². The Bertz CT molecular complexity index is 443. The van der Waals surface area contributed by atoms with Gasteiger partial charge in [0.05, 0.1) is 12.6 Å². The number of hydrogen-bond donors (Lipinski definition) is 1. The minimum absolute atomic E-state index is 0.150. The Morgan fingerprint density at radius 3 is 2.60 bits per heavy atom. The number of hydrogen-bond acceptors (Lipinski definition) is 3. The van der Waals surface area contributed by atoms with Crippen molar-refractivity contribution in [1.29, 1.82) is 0 Å². The molecule has 0 saturated carbocycles. The third kappa shape index (κ3) is 2.53. The Morgan fingerprint density at radius 2 is 2.00 bits per heavy atom. The monoisotopic (exact) mass is 231 g/mol. The van der Waals surface area contributed by atoms with Crippen molar-refractivity contribution >= 4 is 10.3 Å². The molecule has 0 spiro atoms. The third-order valence-corrected chi connectivity index (χ3v) is 3.25. The number of nitrogens with one attached hydrogen (secondary N) is 1. The van der Waals surface area contributed by atoms with Crippen LogP contribution in [-0.2, 0) is 14.5 Å². The quantitative estimate of drug-likeness (QED) is 0.788. The van der Waals surface area contributed by atoms with Crippen LogP contribution in [0.25, 0.3) is 0 Å². The third-order valence-electron chi connectivity index (χ3n) is 2.20. The predicted molar refractivity (Wildman–Crippen MR) is 51.8 cm³/mol. The van der Waals surface area contributed by atoms with Crippen molar-refractivity contribution < 1.29 is 17.0 Å². The van der Waals surface area contributed by atoms with E-state index in [4.69, 9.17) is 0 Å². The van der Waals surface area contributed by atoms with Crippen molar-refractivity contribution in [3.63, 3.8) is 0 Å². The van der Waals surface area contributed by atoms with Crippen LogP contribution in [0.3, 0.4) is 0 Å². The summed E-state index contributed by atoms with van der Waals surface area (Å²) in [5.74, 6) is -0.339. The van der Waals surface area contributed by atoms with Gasteiger partial charge in [0.2, 0.25) is 0 Å². The van der Waals surface area contributed by atoms with Gasteiger partial charge in [0, 0.05) is 0 Å². The van der Waals surface area contributed by atoms with Crippen LogP contribution in [0.4, 0.5) is 4.39 Å². The van der Waals surface area contributed by atoms with Crippen LogP contribution >= 0.6 is 0 Å². The largest absolute Gasteiger partial charge is 0.336 e. The van der Waals surface area contributed by atoms with E-state index in [0.29, 0.717) is 6.42 Å². The van der Waals surface area contributed by atoms with Gasteiger partial charge in [-0.3, -0.25) is 4.18 Å². The van der Waals surface area contributed by atoms with E-state index < -0.39 is 10.3 Å². The SMILES string of the molecule is O=S1(=O)NC(c2ccc(F)cc2)CCO1. The van der Waals surface area contributed by atoms with Crippen LogP contribution in [0.5, 0.6) is 0 Å². The second-order valence-electron chi connectivity index (χ2n) is 3.29. The highest BCUT2D eigenvalue weighted by molar-refractivity contribution is 7.84. The van der Waals surface area contributed by atoms with Crippen LogP contribution in [0.2, 0.25) is 0 Å². The van der Waals surface area contributed by atoms with Gasteiger partial charge in [-0.2, -0.15) is 13.1 Å². The van der Waals surface area contributed by atoms with E-state index in [1.807, 2.05) is 0 Å². The van der Waals surface area contributed by atoms with E-state index in [0.717, 1.165) is 5.56 Å². The van der Waals surface area contributed by atoms with Gasteiger partial charge in [-0.25, -0.2) is 4.39 Å². The van der Waals surface area contributed by atoms with Crippen molar-refractivity contribution in [2.24, 2.45) is 0 Å². The summed E-state index contributed by atoms with van der Waals surface area (Å²) >= 11 is 0. The zero-order chi connectivity index (χ0) is 10.9. The number of rotatable bonds is 1. The molecule has 0 amide bonds. The van der Waals surface area contributed by atoms with E-state index in [2.05, 4.69) is 8.91 Å². The lowest BCUT2D eigenvalue weighted by Crippen LogP contribution is -2.36. The maximum absolute atomic E-state index is 12.6. The lowest BCUT2D eigenvalue weighted by molar-refractivity contribution is 0.257. The first-order valence-electron chi connectivity index (χ1n) is 4.49. The van der Waals surface area contributed by atoms with E-state index in [-0.39, 0.29) is 18.5 Å². The molecule has 1 N–H and O–H groups in total. The molecule has 15 heavy (non-hydrogen) atoms. The molecule has 1 atom stereocenters. The highest BCUT2D eigenvalue weighted by atomic mass is 32.2. The van der Waals surface area contributed by atoms with Crippen molar-refractivity contribution in [1.82, 2.24) is 4.72 Å². The first-order chi connectivity index (χ1) is 7.07. The second-order valence-corrected chi connectivity index (χ2v) is 4.67. The Morgan fingerprint density at radius 1 is 1.33 bits per heavy atom. The molecule has 1 unspecified atom stereocenters. The summed E-state index contributed by atoms with van der Waals surface area (Å²) in [5, 5.41) is 0. The summed E-state index contributed by atoms with van der Waals surface area (Å²) in [6.45, 7) is 0.150. The van der Waals surface area contributed by atoms with Crippen LogP contribution in [0.1, 0.15) is 18.0 Å². The highest BCUT2D eigenvalue weighted by Gasteiger charge is 2.25. The molecular formula is C9H10FNO3S.